The molecule has 0 radical (unpaired) electrons. The average molecular weight is 261 g/mol. The lowest BCUT2D eigenvalue weighted by Gasteiger charge is -2.09. The Morgan fingerprint density at radius 1 is 1.42 bits per heavy atom. The molecule has 1 heterocycles. The number of nitrogen functional groups attached to an aromatic ring is 1. The molecule has 0 aliphatic heterocycles. The summed E-state index contributed by atoms with van der Waals surface area (Å²) in [6, 6.07) is 7.64. The van der Waals surface area contributed by atoms with E-state index in [1.165, 1.54) is 12.1 Å². The molecule has 0 fully saturated rings. The number of amides is 1. The lowest BCUT2D eigenvalue weighted by atomic mass is 10.3. The third-order valence-electron chi connectivity index (χ3n) is 2.74. The molecule has 0 saturated heterocycles. The molecule has 1 aromatic heterocycles. The minimum Gasteiger partial charge on any atom is -0.397 e. The second-order valence-corrected chi connectivity index (χ2v) is 4.29. The molecule has 0 spiro atoms. The third-order valence-corrected chi connectivity index (χ3v) is 2.74. The molecule has 0 aliphatic carbocycles. The van der Waals surface area contributed by atoms with E-state index in [1.807, 2.05) is 6.92 Å². The van der Waals surface area contributed by atoms with Crippen molar-refractivity contribution >= 4 is 17.3 Å². The van der Waals surface area contributed by atoms with Crippen molar-refractivity contribution in [3.05, 3.63) is 48.0 Å². The van der Waals surface area contributed by atoms with E-state index in [0.717, 1.165) is 6.42 Å². The zero-order valence-corrected chi connectivity index (χ0v) is 10.7. The first kappa shape index (κ1) is 13.1. The fourth-order valence-electron chi connectivity index (χ4n) is 1.90. The van der Waals surface area contributed by atoms with E-state index in [-0.39, 0.29) is 11.6 Å². The second-order valence-electron chi connectivity index (χ2n) is 4.29. The molecule has 3 N–H and O–H groups in total. The van der Waals surface area contributed by atoms with Gasteiger partial charge in [-0.2, -0.15) is 0 Å². The fourth-order valence-corrected chi connectivity index (χ4v) is 1.90. The van der Waals surface area contributed by atoms with Gasteiger partial charge in [0.1, 0.15) is 11.5 Å². The highest BCUT2D eigenvalue weighted by atomic mass is 19.1. The number of aryl methyl sites for hydroxylation is 1. The number of aromatic nitrogens is 1. The van der Waals surface area contributed by atoms with Crippen molar-refractivity contribution in [1.29, 1.82) is 0 Å². The van der Waals surface area contributed by atoms with E-state index < -0.39 is 5.82 Å². The maximum atomic E-state index is 13.5. The molecule has 19 heavy (non-hydrogen) atoms. The van der Waals surface area contributed by atoms with E-state index in [2.05, 4.69) is 5.32 Å². The molecule has 0 atom stereocenters. The van der Waals surface area contributed by atoms with Crippen molar-refractivity contribution in [2.75, 3.05) is 11.1 Å². The maximum Gasteiger partial charge on any atom is 0.272 e. The van der Waals surface area contributed by atoms with Gasteiger partial charge in [-0.05, 0) is 24.6 Å². The van der Waals surface area contributed by atoms with Crippen molar-refractivity contribution in [2.24, 2.45) is 0 Å². The summed E-state index contributed by atoms with van der Waals surface area (Å²) in [5.41, 5.74) is 6.81. The first-order valence-corrected chi connectivity index (χ1v) is 6.13. The first-order chi connectivity index (χ1) is 9.11. The largest absolute Gasteiger partial charge is 0.397 e. The van der Waals surface area contributed by atoms with Crippen LogP contribution in [0.15, 0.2) is 36.5 Å². The fraction of sp³-hybridized carbons (Fsp3) is 0.214. The lowest BCUT2D eigenvalue weighted by molar-refractivity contribution is 0.101. The maximum absolute atomic E-state index is 13.5. The van der Waals surface area contributed by atoms with Gasteiger partial charge in [0.2, 0.25) is 0 Å². The van der Waals surface area contributed by atoms with Gasteiger partial charge < -0.3 is 15.6 Å². The number of carbonyl (C=O) groups excluding carboxylic acids is 1. The summed E-state index contributed by atoms with van der Waals surface area (Å²) in [5.74, 6) is -0.826. The van der Waals surface area contributed by atoms with Gasteiger partial charge in [0.15, 0.2) is 0 Å². The van der Waals surface area contributed by atoms with Crippen LogP contribution in [-0.4, -0.2) is 10.5 Å². The molecule has 100 valence electrons. The molecule has 0 unspecified atom stereocenters. The van der Waals surface area contributed by atoms with Gasteiger partial charge in [0.05, 0.1) is 11.4 Å². The average Bonchev–Trinajstić information content (AvgIpc) is 2.74. The number of nitrogens with one attached hydrogen (secondary N) is 1. The van der Waals surface area contributed by atoms with E-state index >= 15 is 0 Å². The lowest BCUT2D eigenvalue weighted by Crippen LogP contribution is -2.17. The molecular weight excluding hydrogens is 245 g/mol. The SMILES string of the molecule is CCCn1cc(N)cc1C(=O)Nc1ccccc1F. The Bertz CT molecular complexity index is 592. The zero-order chi connectivity index (χ0) is 13.8. The van der Waals surface area contributed by atoms with Gasteiger partial charge >= 0.3 is 0 Å². The topological polar surface area (TPSA) is 60.0 Å². The third kappa shape index (κ3) is 2.93. The standard InChI is InChI=1S/C14H16FN3O/c1-2-7-18-9-10(16)8-13(18)14(19)17-12-6-4-3-5-11(12)15/h3-6,8-9H,2,7,16H2,1H3,(H,17,19). The molecule has 2 rings (SSSR count). The molecule has 4 nitrogen and oxygen atoms in total. The van der Waals surface area contributed by atoms with Crippen LogP contribution >= 0.6 is 0 Å². The molecule has 0 saturated carbocycles. The van der Waals surface area contributed by atoms with Crippen molar-refractivity contribution in [1.82, 2.24) is 4.57 Å². The Morgan fingerprint density at radius 3 is 2.84 bits per heavy atom. The van der Waals surface area contributed by atoms with Crippen LogP contribution in [0.3, 0.4) is 0 Å². The number of nitrogens with two attached hydrogens (primary N) is 1. The Kier molecular flexibility index (Phi) is 3.85. The number of carbonyl (C=O) groups is 1. The smallest absolute Gasteiger partial charge is 0.272 e. The zero-order valence-electron chi connectivity index (χ0n) is 10.7. The molecule has 0 aliphatic rings. The summed E-state index contributed by atoms with van der Waals surface area (Å²) in [6.45, 7) is 2.70. The number of halogens is 1. The highest BCUT2D eigenvalue weighted by molar-refractivity contribution is 6.03. The molecular formula is C14H16FN3O. The Morgan fingerprint density at radius 2 is 2.16 bits per heavy atom. The molecule has 0 bridgehead atoms. The minimum atomic E-state index is -0.461. The normalized spacial score (nSPS) is 10.4. The number of rotatable bonds is 4. The Hall–Kier alpha value is -2.30. The monoisotopic (exact) mass is 261 g/mol. The Labute approximate surface area is 111 Å². The van der Waals surface area contributed by atoms with Gasteiger partial charge in [0.25, 0.3) is 5.91 Å². The highest BCUT2D eigenvalue weighted by Crippen LogP contribution is 2.16. The van der Waals surface area contributed by atoms with Gasteiger partial charge in [-0.15, -0.1) is 0 Å². The number of benzene rings is 1. The van der Waals surface area contributed by atoms with Crippen LogP contribution in [-0.2, 0) is 6.54 Å². The van der Waals surface area contributed by atoms with E-state index in [0.29, 0.717) is 17.9 Å². The van der Waals surface area contributed by atoms with Crippen molar-refractivity contribution in [3.63, 3.8) is 0 Å². The van der Waals surface area contributed by atoms with Gasteiger partial charge in [-0.1, -0.05) is 19.1 Å². The summed E-state index contributed by atoms with van der Waals surface area (Å²) in [6.07, 6.45) is 2.59. The van der Waals surface area contributed by atoms with Gasteiger partial charge in [0, 0.05) is 12.7 Å². The summed E-state index contributed by atoms with van der Waals surface area (Å²) in [4.78, 5) is 12.1. The number of para-hydroxylation sites is 1. The molecule has 5 heteroatoms. The van der Waals surface area contributed by atoms with E-state index in [9.17, 15) is 9.18 Å². The summed E-state index contributed by atoms with van der Waals surface area (Å²) < 4.78 is 15.2. The quantitative estimate of drug-likeness (QED) is 0.889. The van der Waals surface area contributed by atoms with Crippen LogP contribution in [0.1, 0.15) is 23.8 Å². The molecule has 1 amide bonds. The van der Waals surface area contributed by atoms with E-state index in [1.54, 1.807) is 29.0 Å². The second kappa shape index (κ2) is 5.56. The molecule has 1 aromatic carbocycles. The van der Waals surface area contributed by atoms with Crippen LogP contribution in [0, 0.1) is 5.82 Å². The van der Waals surface area contributed by atoms with Crippen LogP contribution in [0.4, 0.5) is 15.8 Å². The van der Waals surface area contributed by atoms with Crippen LogP contribution in [0.5, 0.6) is 0 Å². The number of hydrogen-bond acceptors (Lipinski definition) is 2. The summed E-state index contributed by atoms with van der Waals surface area (Å²) in [7, 11) is 0. The number of nitrogens with zero attached hydrogens (tertiary/aromatic N) is 1. The van der Waals surface area contributed by atoms with Crippen molar-refractivity contribution in [3.8, 4) is 0 Å². The highest BCUT2D eigenvalue weighted by Gasteiger charge is 2.14. The number of hydrogen-bond donors (Lipinski definition) is 2. The van der Waals surface area contributed by atoms with Gasteiger partial charge in [-0.25, -0.2) is 4.39 Å². The van der Waals surface area contributed by atoms with Crippen LogP contribution < -0.4 is 11.1 Å². The molecule has 2 aromatic rings. The first-order valence-electron chi connectivity index (χ1n) is 6.13. The van der Waals surface area contributed by atoms with Crippen molar-refractivity contribution < 1.29 is 9.18 Å². The summed E-state index contributed by atoms with van der Waals surface area (Å²) >= 11 is 0. The number of anilines is 2. The predicted octanol–water partition coefficient (Wildman–Crippen LogP) is 2.87. The van der Waals surface area contributed by atoms with Crippen molar-refractivity contribution in [2.45, 2.75) is 19.9 Å². The van der Waals surface area contributed by atoms with Gasteiger partial charge in [-0.3, -0.25) is 4.79 Å². The van der Waals surface area contributed by atoms with Crippen LogP contribution in [0.25, 0.3) is 0 Å². The van der Waals surface area contributed by atoms with E-state index in [4.69, 9.17) is 5.73 Å². The predicted molar refractivity (Wildman–Crippen MR) is 73.5 cm³/mol. The minimum absolute atomic E-state index is 0.162. The van der Waals surface area contributed by atoms with Crippen LogP contribution in [0.2, 0.25) is 0 Å². The Balaban J connectivity index is 2.23. The summed E-state index contributed by atoms with van der Waals surface area (Å²) in [5, 5.41) is 2.55.